The number of alkyl halides is 1. The first-order chi connectivity index (χ1) is 7.15. The molecule has 1 aliphatic rings. The molecule has 82 valence electrons. The molecule has 0 unspecified atom stereocenters. The van der Waals surface area contributed by atoms with Crippen molar-refractivity contribution in [2.75, 3.05) is 5.33 Å². The van der Waals surface area contributed by atoms with E-state index in [9.17, 15) is 10.1 Å². The van der Waals surface area contributed by atoms with Crippen LogP contribution in [0.2, 0.25) is 0 Å². The highest BCUT2D eigenvalue weighted by Gasteiger charge is 2.37. The van der Waals surface area contributed by atoms with Gasteiger partial charge in [-0.05, 0) is 17.8 Å². The Morgan fingerprint density at radius 1 is 1.67 bits per heavy atom. The molecule has 0 bridgehead atoms. The third kappa shape index (κ3) is 2.01. The van der Waals surface area contributed by atoms with Crippen LogP contribution in [-0.4, -0.2) is 25.0 Å². The van der Waals surface area contributed by atoms with E-state index in [1.54, 1.807) is 4.68 Å². The molecule has 0 amide bonds. The van der Waals surface area contributed by atoms with E-state index in [0.717, 1.165) is 18.2 Å². The molecule has 6 nitrogen and oxygen atoms in total. The summed E-state index contributed by atoms with van der Waals surface area (Å²) in [6.07, 6.45) is 4.95. The van der Waals surface area contributed by atoms with E-state index in [0.29, 0.717) is 6.54 Å². The van der Waals surface area contributed by atoms with E-state index in [1.807, 2.05) is 0 Å². The van der Waals surface area contributed by atoms with Crippen LogP contribution in [0, 0.1) is 15.5 Å². The zero-order chi connectivity index (χ0) is 10.9. The normalized spacial score (nSPS) is 18.5. The van der Waals surface area contributed by atoms with Crippen molar-refractivity contribution in [3.8, 4) is 0 Å². The molecule has 1 aromatic heterocycles. The molecule has 0 aliphatic heterocycles. The van der Waals surface area contributed by atoms with Gasteiger partial charge in [0.2, 0.25) is 6.33 Å². The van der Waals surface area contributed by atoms with Gasteiger partial charge in [0.05, 0.1) is 6.54 Å². The van der Waals surface area contributed by atoms with Gasteiger partial charge < -0.3 is 10.1 Å². The minimum absolute atomic E-state index is 0.224. The fourth-order valence-corrected chi connectivity index (χ4v) is 2.54. The molecule has 0 saturated heterocycles. The minimum atomic E-state index is -0.571. The van der Waals surface area contributed by atoms with Crippen LogP contribution >= 0.6 is 15.9 Å². The highest BCUT2D eigenvalue weighted by atomic mass is 79.9. The fourth-order valence-electron chi connectivity index (χ4n) is 1.80. The lowest BCUT2D eigenvalue weighted by molar-refractivity contribution is -0.394. The molecule has 0 N–H and O–H groups in total. The van der Waals surface area contributed by atoms with E-state index in [4.69, 9.17) is 0 Å². The lowest BCUT2D eigenvalue weighted by Gasteiger charge is -2.39. The number of nitrogens with zero attached hydrogens (tertiary/aromatic N) is 4. The Morgan fingerprint density at radius 3 is 2.80 bits per heavy atom. The molecule has 1 heterocycles. The Balaban J connectivity index is 2.07. The lowest BCUT2D eigenvalue weighted by atomic mass is 9.70. The fraction of sp³-hybridized carbons (Fsp3) is 0.750. The van der Waals surface area contributed by atoms with E-state index in [2.05, 4.69) is 26.0 Å². The molecule has 1 aliphatic carbocycles. The monoisotopic (exact) mass is 274 g/mol. The van der Waals surface area contributed by atoms with Crippen LogP contribution in [0.4, 0.5) is 5.95 Å². The van der Waals surface area contributed by atoms with Gasteiger partial charge in [-0.15, -0.1) is 0 Å². The predicted molar refractivity (Wildman–Crippen MR) is 56.8 cm³/mol. The zero-order valence-electron chi connectivity index (χ0n) is 8.10. The summed E-state index contributed by atoms with van der Waals surface area (Å²) in [5.41, 5.74) is 0.224. The highest BCUT2D eigenvalue weighted by Crippen LogP contribution is 2.43. The summed E-state index contributed by atoms with van der Waals surface area (Å²) >= 11 is 3.48. The number of hydrogen-bond donors (Lipinski definition) is 0. The van der Waals surface area contributed by atoms with Crippen molar-refractivity contribution >= 4 is 21.9 Å². The first-order valence-electron chi connectivity index (χ1n) is 4.75. The van der Waals surface area contributed by atoms with Crippen LogP contribution in [0.15, 0.2) is 6.33 Å². The zero-order valence-corrected chi connectivity index (χ0v) is 9.68. The van der Waals surface area contributed by atoms with Crippen LogP contribution < -0.4 is 0 Å². The van der Waals surface area contributed by atoms with Gasteiger partial charge in [0.1, 0.15) is 0 Å². The van der Waals surface area contributed by atoms with Crippen molar-refractivity contribution in [2.45, 2.75) is 25.8 Å². The quantitative estimate of drug-likeness (QED) is 0.476. The molecule has 0 radical (unpaired) electrons. The number of hydrogen-bond acceptors (Lipinski definition) is 4. The molecular weight excluding hydrogens is 264 g/mol. The minimum Gasteiger partial charge on any atom is -0.390 e. The van der Waals surface area contributed by atoms with Gasteiger partial charge >= 0.3 is 5.95 Å². The SMILES string of the molecule is O=[N+]([O-])c1ncn(CC2(CBr)CCC2)n1. The Labute approximate surface area is 95.0 Å². The second-order valence-corrected chi connectivity index (χ2v) is 4.55. The van der Waals surface area contributed by atoms with E-state index >= 15 is 0 Å². The van der Waals surface area contributed by atoms with E-state index in [1.165, 1.54) is 12.7 Å². The van der Waals surface area contributed by atoms with Crippen molar-refractivity contribution < 1.29 is 4.92 Å². The molecule has 7 heteroatoms. The number of rotatable bonds is 4. The molecule has 1 aromatic rings. The molecule has 1 fully saturated rings. The molecule has 15 heavy (non-hydrogen) atoms. The van der Waals surface area contributed by atoms with Crippen molar-refractivity contribution in [3.63, 3.8) is 0 Å². The summed E-state index contributed by atoms with van der Waals surface area (Å²) in [5.74, 6) is -0.320. The maximum atomic E-state index is 10.4. The maximum Gasteiger partial charge on any atom is 0.490 e. The predicted octanol–water partition coefficient (Wildman–Crippen LogP) is 1.75. The van der Waals surface area contributed by atoms with Gasteiger partial charge in [0.25, 0.3) is 0 Å². The third-order valence-corrected chi connectivity index (χ3v) is 4.07. The Hall–Kier alpha value is -0.980. The molecule has 0 spiro atoms. The van der Waals surface area contributed by atoms with Crippen LogP contribution in [0.1, 0.15) is 19.3 Å². The van der Waals surface area contributed by atoms with Crippen LogP contribution in [0.25, 0.3) is 0 Å². The standard InChI is InChI=1S/C8H11BrN4O2/c9-4-8(2-1-3-8)5-12-6-10-7(11-12)13(14)15/h6H,1-5H2. The Bertz CT molecular complexity index is 369. The average molecular weight is 275 g/mol. The summed E-state index contributed by atoms with van der Waals surface area (Å²) < 4.78 is 1.57. The number of nitro groups is 1. The topological polar surface area (TPSA) is 73.8 Å². The third-order valence-electron chi connectivity index (χ3n) is 2.88. The summed E-state index contributed by atoms with van der Waals surface area (Å²) in [4.78, 5) is 13.4. The van der Waals surface area contributed by atoms with Crippen LogP contribution in [0.3, 0.4) is 0 Å². The first kappa shape index (κ1) is 10.5. The maximum absolute atomic E-state index is 10.4. The largest absolute Gasteiger partial charge is 0.490 e. The van der Waals surface area contributed by atoms with Gasteiger partial charge in [0.15, 0.2) is 0 Å². The van der Waals surface area contributed by atoms with Gasteiger partial charge in [0, 0.05) is 15.8 Å². The summed E-state index contributed by atoms with van der Waals surface area (Å²) in [6, 6.07) is 0. The number of aromatic nitrogens is 3. The van der Waals surface area contributed by atoms with Gasteiger partial charge in [-0.2, -0.15) is 4.68 Å². The van der Waals surface area contributed by atoms with E-state index < -0.39 is 4.92 Å². The van der Waals surface area contributed by atoms with Crippen LogP contribution in [-0.2, 0) is 6.54 Å². The van der Waals surface area contributed by atoms with Gasteiger partial charge in [-0.1, -0.05) is 27.3 Å². The molecule has 2 rings (SSSR count). The smallest absolute Gasteiger partial charge is 0.390 e. The molecular formula is C8H11BrN4O2. The van der Waals surface area contributed by atoms with E-state index in [-0.39, 0.29) is 11.4 Å². The van der Waals surface area contributed by atoms with Crippen molar-refractivity contribution in [3.05, 3.63) is 16.4 Å². The van der Waals surface area contributed by atoms with Crippen molar-refractivity contribution in [1.82, 2.24) is 14.8 Å². The summed E-state index contributed by atoms with van der Waals surface area (Å²) in [6.45, 7) is 0.707. The second kappa shape index (κ2) is 3.88. The van der Waals surface area contributed by atoms with Crippen molar-refractivity contribution in [2.24, 2.45) is 5.41 Å². The average Bonchev–Trinajstić information content (AvgIpc) is 2.59. The lowest BCUT2D eigenvalue weighted by Crippen LogP contribution is -2.35. The Morgan fingerprint density at radius 2 is 2.40 bits per heavy atom. The molecule has 0 atom stereocenters. The van der Waals surface area contributed by atoms with Gasteiger partial charge in [-0.3, -0.25) is 0 Å². The van der Waals surface area contributed by atoms with Crippen molar-refractivity contribution in [1.29, 1.82) is 0 Å². The number of halogens is 1. The highest BCUT2D eigenvalue weighted by molar-refractivity contribution is 9.09. The molecule has 0 aromatic carbocycles. The summed E-state index contributed by atoms with van der Waals surface area (Å²) in [5, 5.41) is 15.1. The van der Waals surface area contributed by atoms with Crippen LogP contribution in [0.5, 0.6) is 0 Å². The second-order valence-electron chi connectivity index (χ2n) is 3.99. The molecule has 1 saturated carbocycles. The summed E-state index contributed by atoms with van der Waals surface area (Å²) in [7, 11) is 0. The Kier molecular flexibility index (Phi) is 2.72. The van der Waals surface area contributed by atoms with Gasteiger partial charge in [-0.25, -0.2) is 0 Å². The first-order valence-corrected chi connectivity index (χ1v) is 5.87.